The number of aromatic nitrogens is 2. The van der Waals surface area contributed by atoms with E-state index >= 15 is 0 Å². The minimum Gasteiger partial charge on any atom is -0.460 e. The molecule has 1 fully saturated rings. The van der Waals surface area contributed by atoms with Crippen molar-refractivity contribution in [1.82, 2.24) is 19.8 Å². The third-order valence-electron chi connectivity index (χ3n) is 10.3. The molecule has 5 heterocycles. The number of cyclic esters (lactones) is 1. The first kappa shape index (κ1) is 34.8. The highest BCUT2D eigenvalue weighted by atomic mass is 35.5. The number of esters is 2. The Morgan fingerprint density at radius 2 is 1.86 bits per heavy atom. The number of ketones is 1. The summed E-state index contributed by atoms with van der Waals surface area (Å²) < 4.78 is 13.2. The van der Waals surface area contributed by atoms with E-state index < -0.39 is 30.0 Å². The van der Waals surface area contributed by atoms with Crippen LogP contribution in [0.3, 0.4) is 0 Å². The highest BCUT2D eigenvalue weighted by molar-refractivity contribution is 6.32. The van der Waals surface area contributed by atoms with Crippen LogP contribution >= 0.6 is 11.6 Å². The number of fused-ring (bicyclic) bond motifs is 5. The smallest absolute Gasteiger partial charge is 0.326 e. The first-order chi connectivity index (χ1) is 23.4. The first-order valence-corrected chi connectivity index (χ1v) is 17.6. The summed E-state index contributed by atoms with van der Waals surface area (Å²) in [5.41, 5.74) is 3.79. The quantitative estimate of drug-likeness (QED) is 0.226. The van der Waals surface area contributed by atoms with Gasteiger partial charge in [0.2, 0.25) is 5.91 Å². The van der Waals surface area contributed by atoms with E-state index in [4.69, 9.17) is 26.1 Å². The number of aryl methyl sites for hydroxylation is 1. The molecule has 260 valence electrons. The zero-order valence-corrected chi connectivity index (χ0v) is 29.3. The van der Waals surface area contributed by atoms with Gasteiger partial charge in [-0.3, -0.25) is 28.9 Å². The molecule has 0 radical (unpaired) electrons. The molecule has 3 aliphatic rings. The highest BCUT2D eigenvalue weighted by Crippen LogP contribution is 2.43. The predicted molar refractivity (Wildman–Crippen MR) is 184 cm³/mol. The molecule has 0 aliphatic carbocycles. The molecule has 1 amide bonds. The number of ether oxygens (including phenoxy) is 2. The summed E-state index contributed by atoms with van der Waals surface area (Å²) in [7, 11) is 0. The van der Waals surface area contributed by atoms with Crippen molar-refractivity contribution in [3.63, 3.8) is 0 Å². The van der Waals surface area contributed by atoms with Crippen LogP contribution in [0.2, 0.25) is 5.02 Å². The van der Waals surface area contributed by atoms with Gasteiger partial charge in [0.1, 0.15) is 24.5 Å². The van der Waals surface area contributed by atoms with Crippen molar-refractivity contribution in [3.8, 4) is 11.4 Å². The Kier molecular flexibility index (Phi) is 9.95. The van der Waals surface area contributed by atoms with Gasteiger partial charge in [0.25, 0.3) is 5.56 Å². The van der Waals surface area contributed by atoms with Gasteiger partial charge in [0.05, 0.1) is 35.4 Å². The zero-order valence-electron chi connectivity index (χ0n) is 28.6. The summed E-state index contributed by atoms with van der Waals surface area (Å²) in [6.07, 6.45) is 2.50. The van der Waals surface area contributed by atoms with Gasteiger partial charge in [-0.25, -0.2) is 4.98 Å². The van der Waals surface area contributed by atoms with Gasteiger partial charge in [-0.05, 0) is 74.5 Å². The minimum absolute atomic E-state index is 0.0400. The van der Waals surface area contributed by atoms with Gasteiger partial charge in [-0.2, -0.15) is 0 Å². The molecule has 1 aromatic carbocycles. The third-order valence-corrected chi connectivity index (χ3v) is 10.7. The third kappa shape index (κ3) is 6.88. The maximum Gasteiger partial charge on any atom is 0.326 e. The normalized spacial score (nSPS) is 19.1. The molecule has 1 atom stereocenters. The summed E-state index contributed by atoms with van der Waals surface area (Å²) in [5.74, 6) is -1.20. The number of nitrogens with one attached hydrogen (secondary N) is 1. The fourth-order valence-corrected chi connectivity index (χ4v) is 7.36. The lowest BCUT2D eigenvalue weighted by Gasteiger charge is -2.32. The topological polar surface area (TPSA) is 137 Å². The SMILES string of the molecule is CCC(=O)CCC(=O)NCC(=O)O[C@]1(CC)CC(=O)OCc2c1cc1n(c2=O)Cc2c-1nc1cc(Cl)c(C)cc1c2CN1CCC(C)CC1. The van der Waals surface area contributed by atoms with Crippen molar-refractivity contribution >= 4 is 46.1 Å². The summed E-state index contributed by atoms with van der Waals surface area (Å²) in [6, 6.07) is 5.77. The highest BCUT2D eigenvalue weighted by Gasteiger charge is 2.44. The number of hydrogen-bond donors (Lipinski definition) is 1. The largest absolute Gasteiger partial charge is 0.460 e. The summed E-state index contributed by atoms with van der Waals surface area (Å²) in [4.78, 5) is 71.9. The van der Waals surface area contributed by atoms with E-state index in [1.807, 2.05) is 19.1 Å². The van der Waals surface area contributed by atoms with Crippen molar-refractivity contribution in [1.29, 1.82) is 0 Å². The Balaban J connectivity index is 1.40. The molecule has 11 nitrogen and oxygen atoms in total. The van der Waals surface area contributed by atoms with Crippen molar-refractivity contribution in [2.75, 3.05) is 19.6 Å². The maximum atomic E-state index is 14.3. The Bertz CT molecular complexity index is 1910. The van der Waals surface area contributed by atoms with Gasteiger partial charge >= 0.3 is 11.9 Å². The van der Waals surface area contributed by atoms with Crippen LogP contribution in [0.25, 0.3) is 22.3 Å². The number of pyridine rings is 2. The van der Waals surface area contributed by atoms with Crippen LogP contribution in [-0.4, -0.2) is 57.7 Å². The average Bonchev–Trinajstić information content (AvgIpc) is 3.38. The van der Waals surface area contributed by atoms with Crippen molar-refractivity contribution in [2.45, 2.75) is 97.9 Å². The molecule has 49 heavy (non-hydrogen) atoms. The Labute approximate surface area is 290 Å². The van der Waals surface area contributed by atoms with E-state index in [2.05, 4.69) is 23.2 Å². The van der Waals surface area contributed by atoms with Crippen LogP contribution < -0.4 is 10.9 Å². The summed E-state index contributed by atoms with van der Waals surface area (Å²) >= 11 is 6.60. The van der Waals surface area contributed by atoms with Crippen LogP contribution in [0.1, 0.15) is 93.5 Å². The number of carbonyl (C=O) groups excluding carboxylic acids is 4. The molecule has 6 rings (SSSR count). The summed E-state index contributed by atoms with van der Waals surface area (Å²) in [5, 5.41) is 4.12. The Hall–Kier alpha value is -4.09. The van der Waals surface area contributed by atoms with Gasteiger partial charge < -0.3 is 19.4 Å². The first-order valence-electron chi connectivity index (χ1n) is 17.2. The number of hydrogen-bond acceptors (Lipinski definition) is 9. The van der Waals surface area contributed by atoms with E-state index in [1.165, 1.54) is 0 Å². The van der Waals surface area contributed by atoms with Gasteiger partial charge in [0.15, 0.2) is 0 Å². The van der Waals surface area contributed by atoms with Crippen LogP contribution in [-0.2, 0) is 53.9 Å². The van der Waals surface area contributed by atoms with E-state index in [1.54, 1.807) is 18.4 Å². The second-order valence-electron chi connectivity index (χ2n) is 13.6. The van der Waals surface area contributed by atoms with Gasteiger partial charge in [0, 0.05) is 47.3 Å². The van der Waals surface area contributed by atoms with E-state index in [0.29, 0.717) is 47.4 Å². The number of nitrogens with zero attached hydrogens (tertiary/aromatic N) is 3. The predicted octanol–water partition coefficient (Wildman–Crippen LogP) is 5.09. The molecule has 1 saturated heterocycles. The van der Waals surface area contributed by atoms with E-state index in [0.717, 1.165) is 53.5 Å². The van der Waals surface area contributed by atoms with Gasteiger partial charge in [-0.1, -0.05) is 32.4 Å². The van der Waals surface area contributed by atoms with E-state index in [-0.39, 0.29) is 49.2 Å². The molecule has 0 saturated carbocycles. The number of rotatable bonds is 10. The average molecular weight is 691 g/mol. The second-order valence-corrected chi connectivity index (χ2v) is 14.0. The standard InChI is InChI=1S/C37H43ClN4O7/c1-5-23(43)7-8-32(44)39-17-34(46)49-37(6-2)16-33(45)48-20-27-28(37)14-31-35-26(19-42(31)36(27)47)25(18-41-11-9-21(3)10-12-41)24-13-22(4)29(38)15-30(24)40-35/h13-15,21H,5-12,16-20H2,1-4H3,(H,39,44)/t37-/m1/s1. The van der Waals surface area contributed by atoms with Crippen LogP contribution in [0.15, 0.2) is 23.0 Å². The number of halogens is 1. The second kappa shape index (κ2) is 14.0. The molecule has 0 bridgehead atoms. The number of likely N-dealkylation sites (tertiary alicyclic amines) is 1. The van der Waals surface area contributed by atoms with Crippen LogP contribution in [0.4, 0.5) is 0 Å². The fourth-order valence-electron chi connectivity index (χ4n) is 7.21. The molecule has 1 N–H and O–H groups in total. The van der Waals surface area contributed by atoms with Crippen molar-refractivity contribution < 1.29 is 28.7 Å². The zero-order chi connectivity index (χ0) is 35.0. The van der Waals surface area contributed by atoms with Crippen LogP contribution in [0.5, 0.6) is 0 Å². The molecular formula is C37H43ClN4O7. The molecule has 2 aromatic heterocycles. The number of carbonyl (C=O) groups is 4. The van der Waals surface area contributed by atoms with Gasteiger partial charge in [-0.15, -0.1) is 0 Å². The molecular weight excluding hydrogens is 648 g/mol. The lowest BCUT2D eigenvalue weighted by atomic mass is 9.85. The fraction of sp³-hybridized carbons (Fsp3) is 0.514. The lowest BCUT2D eigenvalue weighted by molar-refractivity contribution is -0.167. The monoisotopic (exact) mass is 690 g/mol. The maximum absolute atomic E-state index is 14.3. The number of benzene rings is 1. The number of Topliss-reactive ketones (excluding diaryl/α,β-unsaturated/α-hetero) is 1. The lowest BCUT2D eigenvalue weighted by Crippen LogP contribution is -2.40. The summed E-state index contributed by atoms with van der Waals surface area (Å²) in [6.45, 7) is 10.0. The molecule has 0 spiro atoms. The molecule has 3 aromatic rings. The van der Waals surface area contributed by atoms with E-state index in [9.17, 15) is 24.0 Å². The number of amides is 1. The van der Waals surface area contributed by atoms with Crippen LogP contribution in [0, 0.1) is 12.8 Å². The Morgan fingerprint density at radius 1 is 1.10 bits per heavy atom. The minimum atomic E-state index is -1.51. The number of piperidine rings is 1. The molecule has 3 aliphatic heterocycles. The Morgan fingerprint density at radius 3 is 2.57 bits per heavy atom. The molecule has 0 unspecified atom stereocenters. The van der Waals surface area contributed by atoms with Crippen molar-refractivity contribution in [2.24, 2.45) is 5.92 Å². The van der Waals surface area contributed by atoms with Crippen molar-refractivity contribution in [3.05, 3.63) is 61.4 Å². The molecule has 12 heteroatoms.